The Kier molecular flexibility index (Phi) is 35.2. The van der Waals surface area contributed by atoms with Crippen LogP contribution in [0.2, 0.25) is 0 Å². The fourth-order valence-electron chi connectivity index (χ4n) is 19.1. The van der Waals surface area contributed by atoms with Gasteiger partial charge < -0.3 is 0 Å². The van der Waals surface area contributed by atoms with Gasteiger partial charge in [-0.2, -0.15) is 11.3 Å². The van der Waals surface area contributed by atoms with E-state index in [9.17, 15) is 0 Å². The Bertz CT molecular complexity index is 7650. The minimum absolute atomic E-state index is 0. The molecule has 4 heterocycles. The standard InChI is InChI=1S/C48H42N.C31H20NS.2C27H26N.3Ir/c1-48(2)44-25-14-13-24-40(44)41-28-26-39(32-45(41)48)47-33-42(36-21-11-6-12-22-36)43-31-38(27-29-46(43)49-47)37-23-15-20-35(30-37)19-8-4-3-7-16-34-17-9-5-10-18-34;1-2-9-22(10-3-1)23-11-6-12-24(19-23)25-13-7-14-26(20-25)27-15-8-16-28(21-27)31-32-29-17-4-5-18-30(29)33-31;1-2-3-4-5-9-21-14-16-22(17-15-21)24-11-8-12-25(20-24)27-19-18-23-10-6-7-13-26(23)28-27;1-2-3-4-5-8-21-11-13-22(14-12-21)23-15-17-25(18-16-23)27-20-19-24-9-6-7-10-26(24)28-27;;;/h5-6,9-15,17-18,20-25,27-33H,3-4,7-8,16,19H2,1-2H3;1-15,17-21H;6-8,10-11,13-20H,2-5,9H2,1H3;6-7,9-17,19-20H,2-5,8H2,1H3;;;/q4*-1;;;. The summed E-state index contributed by atoms with van der Waals surface area (Å²) in [6.45, 7) is 9.17. The molecule has 0 bridgehead atoms. The van der Waals surface area contributed by atoms with Crippen molar-refractivity contribution < 1.29 is 60.3 Å². The number of aromatic nitrogens is 4. The molecule has 21 aromatic rings. The van der Waals surface area contributed by atoms with Crippen molar-refractivity contribution >= 4 is 54.3 Å². The van der Waals surface area contributed by atoms with Gasteiger partial charge in [-0.05, 0) is 217 Å². The number of fused-ring (bicyclic) bond motifs is 7. The fourth-order valence-corrected chi connectivity index (χ4v) is 20.1. The van der Waals surface area contributed by atoms with Crippen molar-refractivity contribution in [2.75, 3.05) is 0 Å². The van der Waals surface area contributed by atoms with Gasteiger partial charge >= 0.3 is 0 Å². The number of pyridine rings is 3. The third kappa shape index (κ3) is 25.2. The molecule has 0 saturated carbocycles. The van der Waals surface area contributed by atoms with Crippen molar-refractivity contribution in [1.29, 1.82) is 0 Å². The summed E-state index contributed by atoms with van der Waals surface area (Å²) >= 11 is 1.71. The van der Waals surface area contributed by atoms with Gasteiger partial charge in [-0.25, -0.2) is 0 Å². The molecule has 0 N–H and O–H groups in total. The van der Waals surface area contributed by atoms with E-state index < -0.39 is 0 Å². The first-order valence-electron chi connectivity index (χ1n) is 49.4. The second kappa shape index (κ2) is 49.3. The number of benzene rings is 17. The molecule has 0 unspecified atom stereocenters. The predicted molar refractivity (Wildman–Crippen MR) is 586 cm³/mol. The van der Waals surface area contributed by atoms with E-state index in [1.54, 1.807) is 11.3 Å². The van der Waals surface area contributed by atoms with Crippen LogP contribution in [0.1, 0.15) is 138 Å². The second-order valence-corrected chi connectivity index (χ2v) is 37.9. The number of unbranched alkanes of at least 4 members (excludes halogenated alkanes) is 9. The molecule has 0 spiro atoms. The van der Waals surface area contributed by atoms with Gasteiger partial charge in [0.2, 0.25) is 0 Å². The largest absolute Gasteiger partial charge is 0.296 e. The van der Waals surface area contributed by atoms with Gasteiger partial charge in [0.15, 0.2) is 0 Å². The van der Waals surface area contributed by atoms with E-state index in [0.717, 1.165) is 83.6 Å². The Labute approximate surface area is 878 Å². The maximum atomic E-state index is 5.26. The molecule has 8 heteroatoms. The smallest absolute Gasteiger partial charge is 0.0697 e. The molecule has 3 radical (unpaired) electrons. The molecule has 703 valence electrons. The molecule has 1 aliphatic rings. The van der Waals surface area contributed by atoms with Crippen molar-refractivity contribution in [2.45, 2.75) is 136 Å². The van der Waals surface area contributed by atoms with Crippen molar-refractivity contribution in [3.8, 4) is 133 Å². The zero-order valence-corrected chi connectivity index (χ0v) is 88.4. The van der Waals surface area contributed by atoms with Gasteiger partial charge in [-0.1, -0.05) is 411 Å². The van der Waals surface area contributed by atoms with Gasteiger partial charge in [-0.3, -0.25) is 19.9 Å². The Morgan fingerprint density at radius 3 is 1.27 bits per heavy atom. The summed E-state index contributed by atoms with van der Waals surface area (Å²) < 4.78 is 1.20. The summed E-state index contributed by atoms with van der Waals surface area (Å²) in [5.74, 6) is 0. The molecular formula is C133H114Ir3N4S-4. The van der Waals surface area contributed by atoms with Crippen molar-refractivity contribution in [3.63, 3.8) is 0 Å². The molecule has 0 saturated heterocycles. The van der Waals surface area contributed by atoms with E-state index in [-0.39, 0.29) is 65.7 Å². The number of para-hydroxylation sites is 3. The molecule has 17 aromatic carbocycles. The maximum absolute atomic E-state index is 5.26. The Morgan fingerprint density at radius 2 is 0.667 bits per heavy atom. The molecule has 22 rings (SSSR count). The predicted octanol–water partition coefficient (Wildman–Crippen LogP) is 36.4. The molecule has 4 nitrogen and oxygen atoms in total. The van der Waals surface area contributed by atoms with Crippen molar-refractivity contribution in [2.24, 2.45) is 0 Å². The van der Waals surface area contributed by atoms with Crippen LogP contribution in [0.3, 0.4) is 0 Å². The topological polar surface area (TPSA) is 51.6 Å². The normalized spacial score (nSPS) is 11.5. The number of aryl methyl sites for hydroxylation is 4. The Morgan fingerprint density at radius 1 is 0.241 bits per heavy atom. The molecule has 141 heavy (non-hydrogen) atoms. The van der Waals surface area contributed by atoms with E-state index in [4.69, 9.17) is 19.9 Å². The van der Waals surface area contributed by atoms with Gasteiger partial charge in [0, 0.05) is 75.4 Å². The summed E-state index contributed by atoms with van der Waals surface area (Å²) in [5.41, 5.74) is 39.1. The van der Waals surface area contributed by atoms with Gasteiger partial charge in [0.05, 0.1) is 22.1 Å². The zero-order valence-electron chi connectivity index (χ0n) is 80.4. The Balaban J connectivity index is 0.000000138. The average molecular weight is 2380 g/mol. The van der Waals surface area contributed by atoms with Crippen LogP contribution in [-0.4, -0.2) is 19.9 Å². The van der Waals surface area contributed by atoms with Crippen LogP contribution < -0.4 is 0 Å². The van der Waals surface area contributed by atoms with E-state index in [1.807, 2.05) is 42.5 Å². The van der Waals surface area contributed by atoms with Crippen LogP contribution in [0.25, 0.3) is 176 Å². The van der Waals surface area contributed by atoms with Crippen LogP contribution in [-0.2, 0) is 91.4 Å². The van der Waals surface area contributed by atoms with Crippen LogP contribution in [0.5, 0.6) is 0 Å². The number of hydrogen-bond donors (Lipinski definition) is 0. The first-order valence-corrected chi connectivity index (χ1v) is 50.2. The van der Waals surface area contributed by atoms with Crippen LogP contribution >= 0.6 is 11.3 Å². The van der Waals surface area contributed by atoms with Crippen LogP contribution in [0, 0.1) is 24.3 Å². The van der Waals surface area contributed by atoms with E-state index in [0.29, 0.717) is 0 Å². The first-order chi connectivity index (χ1) is 68.0. The summed E-state index contributed by atoms with van der Waals surface area (Å²) in [5, 5.41) is 4.50. The number of thiazole rings is 1. The second-order valence-electron chi connectivity index (χ2n) is 36.9. The summed E-state index contributed by atoms with van der Waals surface area (Å²) in [7, 11) is 0. The fraction of sp³-hybridized carbons (Fsp3) is 0.158. The zero-order chi connectivity index (χ0) is 93.6. The third-order valence-corrected chi connectivity index (χ3v) is 27.9. The van der Waals surface area contributed by atoms with Crippen molar-refractivity contribution in [1.82, 2.24) is 19.9 Å². The van der Waals surface area contributed by atoms with Gasteiger partial charge in [-0.15, -0.1) is 130 Å². The summed E-state index contributed by atoms with van der Waals surface area (Å²) in [4.78, 5) is 19.6. The molecule has 1 aliphatic carbocycles. The van der Waals surface area contributed by atoms with Crippen LogP contribution in [0.15, 0.2) is 425 Å². The monoisotopic (exact) mass is 2380 g/mol. The van der Waals surface area contributed by atoms with E-state index in [2.05, 4.69) is 434 Å². The molecule has 0 aliphatic heterocycles. The van der Waals surface area contributed by atoms with Gasteiger partial charge in [0.25, 0.3) is 0 Å². The molecule has 4 aromatic heterocycles. The molecule has 0 amide bonds. The SMILES string of the molecule is CC1(C)c2ccccc2-c2c[c-]c(-c3cc(-c4ccccc4)c4cc(-c5cccc(CCCCCCc6ccccc6)c5)ccc4n3)cc21.CCCCCCc1ccc(-c2c[c-]c(-c3ccc4ccccc4n3)cc2)cc1.CCCCCCc1ccc(-c2cc[c-]c(-c3ccc4ccccc4n3)c2)cc1.[Ir].[Ir].[Ir].[c-]1ccc(-c2cccc(-c3cccc(-c4ccccc4)c3)c2)cc1-c1nc2ccccc2s1. The van der Waals surface area contributed by atoms with E-state index in [1.165, 1.54) is 229 Å². The summed E-state index contributed by atoms with van der Waals surface area (Å²) in [6.07, 6.45) is 20.2. The average Bonchev–Trinajstić information content (AvgIpc) is 1.58. The van der Waals surface area contributed by atoms with E-state index >= 15 is 0 Å². The minimum Gasteiger partial charge on any atom is -0.296 e. The number of hydrogen-bond acceptors (Lipinski definition) is 5. The molecular weight excluding hydrogens is 2260 g/mol. The summed E-state index contributed by atoms with van der Waals surface area (Å²) in [6, 6.07) is 165. The third-order valence-electron chi connectivity index (χ3n) is 26.9. The maximum Gasteiger partial charge on any atom is 0.0697 e. The first kappa shape index (κ1) is 101. The molecule has 0 atom stereocenters. The number of rotatable bonds is 28. The van der Waals surface area contributed by atoms with Gasteiger partial charge in [0.1, 0.15) is 0 Å². The Hall–Kier alpha value is -13.2. The molecule has 0 fully saturated rings. The van der Waals surface area contributed by atoms with Crippen LogP contribution in [0.4, 0.5) is 0 Å². The quantitative estimate of drug-likeness (QED) is 0.0362. The minimum atomic E-state index is -0.0688. The van der Waals surface area contributed by atoms with Crippen molar-refractivity contribution in [3.05, 3.63) is 482 Å². The number of nitrogens with zero attached hydrogens (tertiary/aromatic N) is 4.